The second-order valence-corrected chi connectivity index (χ2v) is 8.01. The first-order chi connectivity index (χ1) is 15.3. The number of aromatic nitrogens is 4. The third kappa shape index (κ3) is 5.35. The number of amides is 1. The largest absolute Gasteiger partial charge is 0.488 e. The Morgan fingerprint density at radius 2 is 2.06 bits per heavy atom. The number of carbonyl (C=O) groups is 2. The molecule has 2 atom stereocenters. The van der Waals surface area contributed by atoms with Crippen molar-refractivity contribution < 1.29 is 24.2 Å². The summed E-state index contributed by atoms with van der Waals surface area (Å²) in [6.07, 6.45) is 2.96. The fourth-order valence-corrected chi connectivity index (χ4v) is 3.74. The van der Waals surface area contributed by atoms with E-state index in [1.165, 1.54) is 4.90 Å². The number of carboxylic acid groups (broad SMARTS) is 1. The van der Waals surface area contributed by atoms with Gasteiger partial charge in [-0.2, -0.15) is 0 Å². The maximum absolute atomic E-state index is 12.0. The molecular weight excluding hydrogens is 414 g/mol. The summed E-state index contributed by atoms with van der Waals surface area (Å²) in [5.41, 5.74) is 2.57. The van der Waals surface area contributed by atoms with Crippen molar-refractivity contribution in [3.05, 3.63) is 23.5 Å². The van der Waals surface area contributed by atoms with Crippen LogP contribution in [0.3, 0.4) is 0 Å². The van der Waals surface area contributed by atoms with Gasteiger partial charge in [0, 0.05) is 20.6 Å². The quantitative estimate of drug-likeness (QED) is 0.658. The van der Waals surface area contributed by atoms with E-state index in [1.807, 2.05) is 19.9 Å². The van der Waals surface area contributed by atoms with Crippen LogP contribution in [-0.4, -0.2) is 61.7 Å². The lowest BCUT2D eigenvalue weighted by Crippen LogP contribution is -2.29. The Morgan fingerprint density at radius 3 is 2.75 bits per heavy atom. The van der Waals surface area contributed by atoms with E-state index in [2.05, 4.69) is 10.3 Å². The van der Waals surface area contributed by atoms with Gasteiger partial charge < -0.3 is 19.5 Å². The number of nitrogens with zero attached hydrogens (tertiary/aromatic N) is 5. The number of aryl methyl sites for hydroxylation is 2. The number of carboxylic acids is 1. The Hall–Kier alpha value is -3.17. The molecule has 10 nitrogen and oxygen atoms in total. The first kappa shape index (κ1) is 23.5. The predicted octanol–water partition coefficient (Wildman–Crippen LogP) is 3.05. The van der Waals surface area contributed by atoms with Crippen LogP contribution < -0.4 is 4.74 Å². The van der Waals surface area contributed by atoms with Gasteiger partial charge in [0.05, 0.1) is 23.4 Å². The normalized spacial score (nSPS) is 18.2. The van der Waals surface area contributed by atoms with Crippen molar-refractivity contribution in [3.63, 3.8) is 0 Å². The fourth-order valence-electron chi connectivity index (χ4n) is 3.74. The number of ether oxygens (including phenoxy) is 2. The van der Waals surface area contributed by atoms with Crippen LogP contribution in [0.5, 0.6) is 5.75 Å². The summed E-state index contributed by atoms with van der Waals surface area (Å²) in [6, 6.07) is 3.65. The number of hydrogen-bond donors (Lipinski definition) is 1. The van der Waals surface area contributed by atoms with Crippen molar-refractivity contribution in [1.29, 1.82) is 0 Å². The van der Waals surface area contributed by atoms with E-state index in [1.54, 1.807) is 24.8 Å². The minimum atomic E-state index is -0.761. The van der Waals surface area contributed by atoms with Crippen LogP contribution in [0.1, 0.15) is 50.9 Å². The first-order valence-electron chi connectivity index (χ1n) is 11.0. The third-order valence-corrected chi connectivity index (χ3v) is 5.84. The molecule has 2 aromatic rings. The number of aliphatic carboxylic acids is 1. The lowest BCUT2D eigenvalue weighted by Gasteiger charge is -2.28. The summed E-state index contributed by atoms with van der Waals surface area (Å²) in [5.74, 6) is -0.458. The Labute approximate surface area is 187 Å². The summed E-state index contributed by atoms with van der Waals surface area (Å²) in [5, 5.41) is 17.6. The zero-order valence-corrected chi connectivity index (χ0v) is 19.1. The third-order valence-electron chi connectivity index (χ3n) is 5.84. The van der Waals surface area contributed by atoms with Crippen molar-refractivity contribution >= 4 is 12.1 Å². The van der Waals surface area contributed by atoms with Crippen LogP contribution in [0.4, 0.5) is 4.79 Å². The molecule has 1 amide bonds. The fraction of sp³-hybridized carbons (Fsp3) is 0.591. The maximum Gasteiger partial charge on any atom is 0.409 e. The van der Waals surface area contributed by atoms with Gasteiger partial charge in [-0.25, -0.2) is 14.5 Å². The number of carbonyl (C=O) groups excluding carboxylic acids is 1. The average molecular weight is 446 g/mol. The molecule has 1 aliphatic carbocycles. The van der Waals surface area contributed by atoms with Gasteiger partial charge in [-0.15, -0.1) is 5.10 Å². The summed E-state index contributed by atoms with van der Waals surface area (Å²) in [7, 11) is 3.41. The molecule has 0 saturated heterocycles. The van der Waals surface area contributed by atoms with Crippen LogP contribution in [0, 0.1) is 5.92 Å². The van der Waals surface area contributed by atoms with Gasteiger partial charge in [0.25, 0.3) is 0 Å². The van der Waals surface area contributed by atoms with Gasteiger partial charge in [-0.1, -0.05) is 12.1 Å². The van der Waals surface area contributed by atoms with E-state index >= 15 is 0 Å². The molecule has 2 heterocycles. The summed E-state index contributed by atoms with van der Waals surface area (Å²) >= 11 is 0. The Bertz CT molecular complexity index is 960. The molecule has 10 heteroatoms. The van der Waals surface area contributed by atoms with E-state index in [0.29, 0.717) is 48.6 Å². The highest BCUT2D eigenvalue weighted by Crippen LogP contribution is 2.31. The standard InChI is InChI=1S/C22H31N5O5/c1-5-16-19(32-15-9-7-8-14(12-15)21(28)29)11-10-17(23-16)20-18(27(4)25-24-20)13-31-22(30)26(3)6-2/h10-11,14-15H,5-9,12-13H2,1-4H3,(H,28,29)/t14-,15-/m0/s1. The highest BCUT2D eigenvalue weighted by atomic mass is 16.6. The molecule has 3 rings (SSSR count). The molecule has 0 bridgehead atoms. The van der Waals surface area contributed by atoms with Crippen LogP contribution in [0.25, 0.3) is 11.4 Å². The van der Waals surface area contributed by atoms with Crippen LogP contribution >= 0.6 is 0 Å². The molecule has 0 aromatic carbocycles. The van der Waals surface area contributed by atoms with Gasteiger partial charge >= 0.3 is 12.1 Å². The maximum atomic E-state index is 12.0. The van der Waals surface area contributed by atoms with Gasteiger partial charge in [-0.05, 0) is 51.2 Å². The second kappa shape index (κ2) is 10.4. The van der Waals surface area contributed by atoms with Crippen LogP contribution in [0.2, 0.25) is 0 Å². The van der Waals surface area contributed by atoms with Gasteiger partial charge in [-0.3, -0.25) is 4.79 Å². The molecule has 0 radical (unpaired) electrons. The highest BCUT2D eigenvalue weighted by Gasteiger charge is 2.29. The summed E-state index contributed by atoms with van der Waals surface area (Å²) in [6.45, 7) is 4.43. The zero-order valence-electron chi connectivity index (χ0n) is 19.1. The number of pyridine rings is 1. The van der Waals surface area contributed by atoms with Gasteiger partial charge in [0.15, 0.2) is 0 Å². The molecule has 2 aromatic heterocycles. The van der Waals surface area contributed by atoms with Crippen molar-refractivity contribution in [2.24, 2.45) is 13.0 Å². The summed E-state index contributed by atoms with van der Waals surface area (Å²) < 4.78 is 13.1. The SMILES string of the molecule is CCc1nc(-c2nnn(C)c2COC(=O)N(C)CC)ccc1O[C@H]1CCC[C@H](C(=O)O)C1. The molecule has 32 heavy (non-hydrogen) atoms. The molecule has 1 aliphatic rings. The molecule has 1 N–H and O–H groups in total. The van der Waals surface area contributed by atoms with E-state index in [0.717, 1.165) is 18.5 Å². The van der Waals surface area contributed by atoms with E-state index < -0.39 is 12.1 Å². The van der Waals surface area contributed by atoms with Crippen molar-refractivity contribution in [2.75, 3.05) is 13.6 Å². The molecular formula is C22H31N5O5. The van der Waals surface area contributed by atoms with E-state index in [-0.39, 0.29) is 18.6 Å². The van der Waals surface area contributed by atoms with Crippen molar-refractivity contribution in [3.8, 4) is 17.1 Å². The molecule has 0 aliphatic heterocycles. The Morgan fingerprint density at radius 1 is 1.28 bits per heavy atom. The van der Waals surface area contributed by atoms with E-state index in [9.17, 15) is 14.7 Å². The predicted molar refractivity (Wildman–Crippen MR) is 116 cm³/mol. The summed E-state index contributed by atoms with van der Waals surface area (Å²) in [4.78, 5) is 29.6. The molecule has 1 fully saturated rings. The van der Waals surface area contributed by atoms with Crippen molar-refractivity contribution in [2.45, 2.75) is 58.7 Å². The monoisotopic (exact) mass is 445 g/mol. The first-order valence-corrected chi connectivity index (χ1v) is 11.0. The highest BCUT2D eigenvalue weighted by molar-refractivity contribution is 5.70. The lowest BCUT2D eigenvalue weighted by molar-refractivity contribution is -0.143. The molecule has 0 unspecified atom stereocenters. The molecule has 1 saturated carbocycles. The molecule has 0 spiro atoms. The van der Waals surface area contributed by atoms with E-state index in [4.69, 9.17) is 14.5 Å². The topological polar surface area (TPSA) is 120 Å². The lowest BCUT2D eigenvalue weighted by atomic mass is 9.87. The Balaban J connectivity index is 1.77. The smallest absolute Gasteiger partial charge is 0.409 e. The average Bonchev–Trinajstić information content (AvgIpc) is 3.17. The molecule has 174 valence electrons. The zero-order chi connectivity index (χ0) is 23.3. The minimum Gasteiger partial charge on any atom is -0.488 e. The van der Waals surface area contributed by atoms with Crippen LogP contribution in [-0.2, 0) is 29.6 Å². The number of rotatable bonds is 8. The minimum absolute atomic E-state index is 0.0298. The van der Waals surface area contributed by atoms with Gasteiger partial charge in [0.1, 0.15) is 23.7 Å². The number of hydrogen-bond acceptors (Lipinski definition) is 7. The van der Waals surface area contributed by atoms with Crippen LogP contribution in [0.15, 0.2) is 12.1 Å². The van der Waals surface area contributed by atoms with Gasteiger partial charge in [0.2, 0.25) is 0 Å². The second-order valence-electron chi connectivity index (χ2n) is 8.01. The van der Waals surface area contributed by atoms with Crippen molar-refractivity contribution in [1.82, 2.24) is 24.9 Å². The Kier molecular flexibility index (Phi) is 7.66.